The molecule has 5 heterocycles. The van der Waals surface area contributed by atoms with Gasteiger partial charge in [-0.2, -0.15) is 0 Å². The van der Waals surface area contributed by atoms with Gasteiger partial charge in [-0.3, -0.25) is 59.1 Å². The van der Waals surface area contributed by atoms with Gasteiger partial charge in [0, 0.05) is 18.7 Å². The van der Waals surface area contributed by atoms with Crippen molar-refractivity contribution in [2.75, 3.05) is 33.0 Å². The van der Waals surface area contributed by atoms with Crippen LogP contribution < -0.4 is 384 Å². The molecule has 2 aromatic carbocycles. The molecule has 0 amide bonds. The predicted molar refractivity (Wildman–Crippen MR) is 340 cm³/mol. The van der Waals surface area contributed by atoms with Crippen LogP contribution in [0.1, 0.15) is 38.5 Å². The van der Waals surface area contributed by atoms with Gasteiger partial charge in [0.1, 0.15) is 85.0 Å². The first-order chi connectivity index (χ1) is 54.5. The van der Waals surface area contributed by atoms with Crippen molar-refractivity contribution >= 4 is 146 Å². The summed E-state index contributed by atoms with van der Waals surface area (Å²) >= 11 is 0. The summed E-state index contributed by atoms with van der Waals surface area (Å²) in [5.41, 5.74) is 1.26. The summed E-state index contributed by atoms with van der Waals surface area (Å²) in [6.45, 7) is -10.2. The molecule has 4 aliphatic rings. The van der Waals surface area contributed by atoms with Gasteiger partial charge in [0.05, 0.1) is 32.6 Å². The van der Waals surface area contributed by atoms with E-state index < -0.39 is 291 Å². The molecule has 0 N–H and O–H groups in total. The zero-order chi connectivity index (χ0) is 90.3. The SMILES string of the molecule is O=S(=O)([O-])OC[C@H]1O[C@H](OCCCCCCCCn2cc(-c3cccc4ccccc34)nn2)[C@@H](O[C@H]2O[C@H](COS(=O)(=O)[O-])[C@@H](OS(=O)(=O)[O-])[C@H](O[C@H]3O[C@H](COS(=O)(=O)[O-])[C@@H](OS(=O)(=O)[O-])[C@H](O[C@H]4O[C@H](COS(=O)(=O)[O-])[C@@H](OS(=O)(=O)[O-])[C@H](OS(=O)(=O)[O-])[C@@H]4OS(=O)(=O)[O-])[C@@H]3OS(=O)(=O)[O-])[C@@H]2OS(=O)(=O)[O-])[C@@H](OS(=O)(=O)[O-])[C@@H]1OS(=O)(=O)[O-].[Na+].[Na+].[Na+].[Na+].[Na+].[Na+].[Na+].[Na+].[Na+].[Na+].[Na+].[Na+].[Na+]. The van der Waals surface area contributed by atoms with Crippen molar-refractivity contribution in [2.45, 2.75) is 168 Å². The van der Waals surface area contributed by atoms with Crippen molar-refractivity contribution in [1.29, 1.82) is 0 Å². The number of rotatable bonds is 47. The average molecular weight is 2300 g/mol. The number of aryl methyl sites for hydroxylation is 1. The van der Waals surface area contributed by atoms with Gasteiger partial charge < -0.3 is 97.1 Å². The summed E-state index contributed by atoms with van der Waals surface area (Å²) in [5, 5.41) is 10.1. The van der Waals surface area contributed by atoms with Crippen LogP contribution in [0.3, 0.4) is 0 Å². The molecule has 0 saturated carbocycles. The molecule has 133 heavy (non-hydrogen) atoms. The maximum Gasteiger partial charge on any atom is 1.00 e. The van der Waals surface area contributed by atoms with E-state index in [0.717, 1.165) is 16.3 Å². The molecule has 0 spiro atoms. The summed E-state index contributed by atoms with van der Waals surface area (Å²) in [4.78, 5) is 0. The fraction of sp³-hybridized carbons (Fsp3) is 0.727. The molecule has 3 aromatic rings. The second-order valence-corrected chi connectivity index (χ2v) is 37.1. The van der Waals surface area contributed by atoms with Crippen LogP contribution in [-0.4, -0.2) is 339 Å². The second-order valence-electron chi connectivity index (χ2n) is 23.9. The smallest absolute Gasteiger partial charge is 0.726 e. The molecule has 0 bridgehead atoms. The van der Waals surface area contributed by atoms with Gasteiger partial charge in [0.2, 0.25) is 135 Å². The summed E-state index contributed by atoms with van der Waals surface area (Å²) in [6, 6.07) is 12.8. The second kappa shape index (κ2) is 65.6. The number of nitrogens with zero attached hydrogens (tertiary/aromatic N) is 3. The van der Waals surface area contributed by atoms with E-state index in [2.05, 4.69) is 64.7 Å². The minimum Gasteiger partial charge on any atom is -0.726 e. The molecule has 4 saturated heterocycles. The molecule has 4 fully saturated rings. The predicted octanol–water partition coefficient (Wildman–Crippen LogP) is -49.9. The molecular weight excluding hydrogens is 2250 g/mol. The van der Waals surface area contributed by atoms with Crippen LogP contribution in [0, 0.1) is 0 Å². The van der Waals surface area contributed by atoms with E-state index in [-0.39, 0.29) is 410 Å². The molecule has 0 radical (unpaired) electrons. The Morgan fingerprint density at radius 2 is 0.534 bits per heavy atom. The molecule has 63 nitrogen and oxygen atoms in total. The molecule has 89 heteroatoms. The summed E-state index contributed by atoms with van der Waals surface area (Å²) in [6.07, 6.45) is -72.9. The zero-order valence-corrected chi connectivity index (χ0v) is 107. The number of fused-ring (bicyclic) bond motifs is 1. The molecular formula is C44H52N3Na13O60S13. The number of ether oxygens (including phenoxy) is 8. The quantitative estimate of drug-likeness (QED) is 0.0219. The van der Waals surface area contributed by atoms with Gasteiger partial charge in [-0.1, -0.05) is 73.4 Å². The van der Waals surface area contributed by atoms with Gasteiger partial charge in [0.25, 0.3) is 0 Å². The number of unbranched alkanes of at least 4 members (excludes halogenated alkanes) is 5. The number of aromatic nitrogens is 3. The third-order valence-electron chi connectivity index (χ3n) is 15.5. The van der Waals surface area contributed by atoms with Gasteiger partial charge >= 0.3 is 384 Å². The topological polar surface area (TPSA) is 968 Å². The van der Waals surface area contributed by atoms with Crippen LogP contribution in [0.15, 0.2) is 48.7 Å². The van der Waals surface area contributed by atoms with Crippen LogP contribution in [0.2, 0.25) is 0 Å². The number of hydrogen-bond acceptors (Lipinski definition) is 62. The van der Waals surface area contributed by atoms with E-state index in [4.69, 9.17) is 37.9 Å². The van der Waals surface area contributed by atoms with Gasteiger partial charge in [-0.25, -0.2) is 109 Å². The summed E-state index contributed by atoms with van der Waals surface area (Å²) < 4.78 is 581. The van der Waals surface area contributed by atoms with Crippen LogP contribution in [0.4, 0.5) is 0 Å². The van der Waals surface area contributed by atoms with Gasteiger partial charge in [-0.15, -0.1) is 5.10 Å². The molecule has 4 aliphatic heterocycles. The van der Waals surface area contributed by atoms with Crippen molar-refractivity contribution in [2.24, 2.45) is 0 Å². The molecule has 0 unspecified atom stereocenters. The van der Waals surface area contributed by atoms with Crippen LogP contribution >= 0.6 is 0 Å². The monoisotopic (exact) mass is 2300 g/mol. The Bertz CT molecular complexity index is 5680. The maximum atomic E-state index is 13.1. The zero-order valence-electron chi connectivity index (χ0n) is 70.8. The molecule has 20 atom stereocenters. The van der Waals surface area contributed by atoms with E-state index >= 15 is 0 Å². The van der Waals surface area contributed by atoms with Crippen molar-refractivity contribution in [3.8, 4) is 11.3 Å². The molecule has 7 rings (SSSR count). The van der Waals surface area contributed by atoms with Gasteiger partial charge in [-0.05, 0) is 23.6 Å². The average Bonchev–Trinajstić information content (AvgIpc) is 1.34. The molecule has 694 valence electrons. The van der Waals surface area contributed by atoms with Crippen LogP contribution in [-0.2, 0) is 234 Å². The van der Waals surface area contributed by atoms with Crippen molar-refractivity contribution in [1.82, 2.24) is 15.0 Å². The Morgan fingerprint density at radius 1 is 0.278 bits per heavy atom. The Morgan fingerprint density at radius 3 is 0.857 bits per heavy atom. The van der Waals surface area contributed by atoms with Crippen molar-refractivity contribution in [3.63, 3.8) is 0 Å². The summed E-state index contributed by atoms with van der Waals surface area (Å²) in [5.74, 6) is 0. The Balaban J connectivity index is -0.00000244. The minimum atomic E-state index is -7.22. The van der Waals surface area contributed by atoms with E-state index in [9.17, 15) is 169 Å². The summed E-state index contributed by atoms with van der Waals surface area (Å²) in [7, 11) is -88.1. The third kappa shape index (κ3) is 58.3. The molecule has 0 aliphatic carbocycles. The largest absolute Gasteiger partial charge is 1.00 e. The van der Waals surface area contributed by atoms with Crippen molar-refractivity contribution in [3.05, 3.63) is 48.7 Å². The minimum absolute atomic E-state index is 0. The number of hydrogen-bond donors (Lipinski definition) is 0. The fourth-order valence-electron chi connectivity index (χ4n) is 11.5. The van der Waals surface area contributed by atoms with Gasteiger partial charge in [0.15, 0.2) is 43.5 Å². The van der Waals surface area contributed by atoms with Crippen molar-refractivity contribution < 1.29 is 645 Å². The number of benzene rings is 2. The first-order valence-electron chi connectivity index (χ1n) is 31.3. The Kier molecular flexibility index (Phi) is 76.4. The van der Waals surface area contributed by atoms with E-state index in [0.29, 0.717) is 25.0 Å². The molecule has 1 aromatic heterocycles. The standard InChI is InChI=1S/C44H65N3O60S13.13Na/c48-108(49,50)88-17-25-29(99-112(60,61)62)33(97-44-40(107-120(84,85)86)36(104-117(75,76)77)32(102-115(69,70)71)28(95-44)20-91-111(57,58)59)38(105-118(78,79)80)42(93-25)96-34-30(100-113(63,64)65)26(18-89-109(51,52)53)94-43(39(34)106-119(81,82)83)98-37-35(103-116(72,73)74)31(101-114(66,67)68)27(19-90-110(54,55)56)92-41(37)87-15-8-4-2-1-3-7-14-47-16-24(45-46-47)23-13-9-11-21-10-5-6-12-22(21)23;;;;;;;;;;;;;/h5-6,9-13,16,25-44H,1-4,7-8,14-15,17-20H2,(H,48,49,50)(H,51,52,53)(H,54,55,56)(H,57,58,59)(H,60,61,62)(H,63,64,65)(H,66,67,68)(H,69,70,71)(H,72,73,74)(H,75,76,77)(H,78,79,80)(H,81,82,83)(H,84,85,86);;;;;;;;;;;;;/q;13*+1/p-13/t25-,26-,27-,28-,29-,30-,31-,32-,33+,34+,35+,36+,37+,38+,39+,40+,41+,42-,43-,44-;;;;;;;;;;;;;/m1............./s1. The van der Waals surface area contributed by atoms with E-state index in [1.54, 1.807) is 18.3 Å². The van der Waals surface area contributed by atoms with Crippen LogP contribution in [0.5, 0.6) is 0 Å². The Hall–Kier alpha value is 8.83. The first-order valence-corrected chi connectivity index (χ1v) is 48.6. The third-order valence-corrected chi connectivity index (χ3v) is 21.3. The van der Waals surface area contributed by atoms with Crippen LogP contribution in [0.25, 0.3) is 22.0 Å². The normalized spacial score (nSPS) is 26.2. The van der Waals surface area contributed by atoms with E-state index in [1.807, 2.05) is 30.3 Å². The Labute approximate surface area is 1050 Å². The van der Waals surface area contributed by atoms with E-state index in [1.165, 1.54) is 4.68 Å². The first kappa shape index (κ1) is 155. The fourth-order valence-corrected chi connectivity index (χ4v) is 17.1. The maximum absolute atomic E-state index is 13.1.